The molecule has 0 fully saturated rings. The zero-order valence-electron chi connectivity index (χ0n) is 27.7. The van der Waals surface area contributed by atoms with Gasteiger partial charge < -0.3 is 7.16 Å². The van der Waals surface area contributed by atoms with E-state index >= 15 is 0 Å². The summed E-state index contributed by atoms with van der Waals surface area (Å²) in [4.78, 5) is 73.7. The molecule has 13 nitrogen and oxygen atoms in total. The summed E-state index contributed by atoms with van der Waals surface area (Å²) < 4.78 is 1.02. The molecule has 0 saturated carbocycles. The normalized spacial score (nSPS) is 9.56. The molecule has 0 spiro atoms. The maximum atomic E-state index is 12.7. The summed E-state index contributed by atoms with van der Waals surface area (Å²) in [5, 5.41) is 2.26. The molecule has 0 aliphatic carbocycles. The standard InChI is InChI=1S/C14H11ClN4O2S.C8H6ClNO.C7H11N3S.CO2.Na.H/c1-7-4-3-5-9(15)10(7)19-12(20)8-6-16-13(22-2)17-11(8)18-14(19)21;1-6-3-2-4-7(9)8(6)10-5-11;1-3-5-4-9-7(11-2)10-6(5)8;2-1-3;;/h3-6H,1-2H3,(H,16,17,18,21);2-4H,1H3;4H,3H2,1-2H3,(H2,8,9,10);;;/q;;;;+1;-1. The average Bonchev–Trinajstić information content (AvgIpc) is 3.05. The summed E-state index contributed by atoms with van der Waals surface area (Å²) in [6.07, 6.45) is 9.54. The first kappa shape index (κ1) is 42.4. The zero-order chi connectivity index (χ0) is 35.1. The van der Waals surface area contributed by atoms with Crippen LogP contribution in [0.15, 0.2) is 73.7 Å². The van der Waals surface area contributed by atoms with Gasteiger partial charge in [0.2, 0.25) is 6.08 Å². The van der Waals surface area contributed by atoms with Gasteiger partial charge in [-0.2, -0.15) is 14.6 Å². The number of aromatic amines is 1. The number of fused-ring (bicyclic) bond motifs is 1. The van der Waals surface area contributed by atoms with Gasteiger partial charge in [0.25, 0.3) is 5.56 Å². The zero-order valence-corrected chi connectivity index (χ0v) is 31.8. The monoisotopic (exact) mass is 738 g/mol. The molecule has 3 heterocycles. The van der Waals surface area contributed by atoms with Gasteiger partial charge in [-0.15, -0.1) is 0 Å². The van der Waals surface area contributed by atoms with Crippen LogP contribution in [0.25, 0.3) is 16.7 Å². The van der Waals surface area contributed by atoms with Crippen LogP contribution < -0.4 is 46.5 Å². The van der Waals surface area contributed by atoms with Crippen LogP contribution in [0.1, 0.15) is 25.0 Å². The molecule has 0 radical (unpaired) electrons. The number of nitrogens with one attached hydrogen (secondary N) is 1. The molecule has 18 heteroatoms. The van der Waals surface area contributed by atoms with Crippen molar-refractivity contribution >= 4 is 81.5 Å². The number of hydrogen-bond donors (Lipinski definition) is 2. The Labute approximate surface area is 317 Å². The fraction of sp³-hybridized carbons (Fsp3) is 0.200. The number of nitrogen functional groups attached to an aromatic ring is 1. The second-order valence-corrected chi connectivity index (χ2v) is 11.3. The summed E-state index contributed by atoms with van der Waals surface area (Å²) in [6, 6.07) is 10.5. The number of hydrogen-bond acceptors (Lipinski definition) is 13. The Morgan fingerprint density at radius 1 is 0.938 bits per heavy atom. The fourth-order valence-electron chi connectivity index (χ4n) is 3.78. The molecule has 3 aromatic heterocycles. The number of aryl methyl sites for hydroxylation is 3. The minimum Gasteiger partial charge on any atom is -1.00 e. The van der Waals surface area contributed by atoms with Crippen molar-refractivity contribution in [1.82, 2.24) is 29.5 Å². The Bertz CT molecular complexity index is 2040. The van der Waals surface area contributed by atoms with Crippen LogP contribution >= 0.6 is 46.7 Å². The van der Waals surface area contributed by atoms with Crippen molar-refractivity contribution in [3.8, 4) is 5.69 Å². The molecule has 48 heavy (non-hydrogen) atoms. The minimum absolute atomic E-state index is 0. The van der Waals surface area contributed by atoms with E-state index in [4.69, 9.17) is 38.5 Å². The third-order valence-corrected chi connectivity index (χ3v) is 7.74. The number of benzene rings is 2. The predicted molar refractivity (Wildman–Crippen MR) is 185 cm³/mol. The van der Waals surface area contributed by atoms with Crippen molar-refractivity contribution in [2.75, 3.05) is 18.2 Å². The smallest absolute Gasteiger partial charge is 1.00 e. The fourth-order valence-corrected chi connectivity index (χ4v) is 5.04. The van der Waals surface area contributed by atoms with Crippen molar-refractivity contribution in [2.45, 2.75) is 37.5 Å². The van der Waals surface area contributed by atoms with E-state index in [1.807, 2.05) is 38.5 Å². The Kier molecular flexibility index (Phi) is 18.9. The second kappa shape index (κ2) is 21.4. The van der Waals surface area contributed by atoms with Crippen LogP contribution in [0.5, 0.6) is 0 Å². The number of nitrogens with two attached hydrogens (primary N) is 1. The first-order valence-corrected chi connectivity index (χ1v) is 16.5. The molecule has 0 unspecified atom stereocenters. The van der Waals surface area contributed by atoms with Crippen molar-refractivity contribution < 1.29 is 45.4 Å². The van der Waals surface area contributed by atoms with Crippen LogP contribution in [0.4, 0.5) is 11.5 Å². The predicted octanol–water partition coefficient (Wildman–Crippen LogP) is 2.64. The first-order chi connectivity index (χ1) is 22.5. The number of halogens is 2. The number of aliphatic imine (C=N–C) groups is 1. The van der Waals surface area contributed by atoms with Crippen molar-refractivity contribution in [3.63, 3.8) is 0 Å². The largest absolute Gasteiger partial charge is 1.00 e. The molecule has 5 rings (SSSR count). The summed E-state index contributed by atoms with van der Waals surface area (Å²) in [7, 11) is 0. The second-order valence-electron chi connectivity index (χ2n) is 8.91. The molecular formula is C30H29Cl2N8NaO5S2. The van der Waals surface area contributed by atoms with Crippen LogP contribution in [-0.2, 0) is 20.8 Å². The van der Waals surface area contributed by atoms with Crippen LogP contribution in [-0.4, -0.2) is 54.2 Å². The van der Waals surface area contributed by atoms with E-state index in [1.54, 1.807) is 37.4 Å². The average molecular weight is 740 g/mol. The molecule has 2 aromatic carbocycles. The quantitative estimate of drug-likeness (QED) is 0.0881. The van der Waals surface area contributed by atoms with Crippen molar-refractivity contribution in [1.29, 1.82) is 0 Å². The maximum absolute atomic E-state index is 12.7. The van der Waals surface area contributed by atoms with E-state index in [1.165, 1.54) is 35.8 Å². The summed E-state index contributed by atoms with van der Waals surface area (Å²) >= 11 is 14.7. The molecule has 0 aliphatic rings. The number of nitrogens with zero attached hydrogens (tertiary/aromatic N) is 6. The van der Waals surface area contributed by atoms with E-state index in [0.717, 1.165) is 32.8 Å². The molecule has 3 N–H and O–H groups in total. The van der Waals surface area contributed by atoms with Crippen molar-refractivity contribution in [2.24, 2.45) is 4.99 Å². The van der Waals surface area contributed by atoms with Crippen LogP contribution in [0, 0.1) is 13.8 Å². The van der Waals surface area contributed by atoms with Gasteiger partial charge in [0.1, 0.15) is 11.2 Å². The summed E-state index contributed by atoms with van der Waals surface area (Å²) in [6.45, 7) is 5.65. The number of aromatic nitrogens is 6. The maximum Gasteiger partial charge on any atom is 1.00 e. The van der Waals surface area contributed by atoms with Gasteiger partial charge >= 0.3 is 41.4 Å². The third kappa shape index (κ3) is 11.5. The molecule has 0 aliphatic heterocycles. The molecule has 0 amide bonds. The Morgan fingerprint density at radius 3 is 2.02 bits per heavy atom. The van der Waals surface area contributed by atoms with Crippen LogP contribution in [0.2, 0.25) is 10.0 Å². The van der Waals surface area contributed by atoms with E-state index in [2.05, 4.69) is 29.9 Å². The van der Waals surface area contributed by atoms with Crippen LogP contribution in [0.3, 0.4) is 0 Å². The van der Waals surface area contributed by atoms with Gasteiger partial charge in [0.15, 0.2) is 16.0 Å². The van der Waals surface area contributed by atoms with E-state index < -0.39 is 11.2 Å². The topological polar surface area (TPSA) is 196 Å². The number of isocyanates is 1. The Morgan fingerprint density at radius 2 is 1.50 bits per heavy atom. The van der Waals surface area contributed by atoms with E-state index in [0.29, 0.717) is 32.4 Å². The number of rotatable bonds is 5. The number of carbonyl (C=O) groups excluding carboxylic acids is 3. The number of para-hydroxylation sites is 2. The van der Waals surface area contributed by atoms with Gasteiger partial charge in [-0.1, -0.05) is 77.9 Å². The molecule has 5 aromatic rings. The van der Waals surface area contributed by atoms with Gasteiger partial charge in [-0.3, -0.25) is 9.78 Å². The molecule has 246 valence electrons. The summed E-state index contributed by atoms with van der Waals surface area (Å²) in [5.74, 6) is 0.604. The van der Waals surface area contributed by atoms with E-state index in [-0.39, 0.29) is 48.2 Å². The Balaban J connectivity index is 0.000000725. The Hall–Kier alpha value is -3.62. The molecule has 0 bridgehead atoms. The van der Waals surface area contributed by atoms with E-state index in [9.17, 15) is 14.4 Å². The van der Waals surface area contributed by atoms with Gasteiger partial charge in [-0.25, -0.2) is 34.1 Å². The number of thioether (sulfide) groups is 2. The van der Waals surface area contributed by atoms with Gasteiger partial charge in [0, 0.05) is 18.0 Å². The first-order valence-electron chi connectivity index (χ1n) is 13.3. The third-order valence-electron chi connectivity index (χ3n) is 6.01. The summed E-state index contributed by atoms with van der Waals surface area (Å²) in [5.41, 5.74) is 8.27. The number of H-pyrrole nitrogens is 1. The SMILES string of the molecule is CCc1cnc(SC)nc1N.CSc1ncc2c(=O)n(-c3c(C)cccc3Cl)c(=O)[nH]c2n1.Cc1cccc(Cl)c1N=C=O.O=C=O.[H-].[Na+]. The molecule has 0 atom stereocenters. The van der Waals surface area contributed by atoms with Gasteiger partial charge in [-0.05, 0) is 56.0 Å². The van der Waals surface area contributed by atoms with Gasteiger partial charge in [0.05, 0.1) is 21.4 Å². The molecule has 0 saturated heterocycles. The minimum atomic E-state index is -0.584. The molecular weight excluding hydrogens is 710 g/mol. The number of anilines is 1. The van der Waals surface area contributed by atoms with Crippen molar-refractivity contribution in [3.05, 3.63) is 96.4 Å².